The molecule has 0 heterocycles. The Kier molecular flexibility index (Phi) is 4.33. The zero-order chi connectivity index (χ0) is 12.8. The number of carbonyl (C=O) groups is 2. The number of methoxy groups -OCH3 is 2. The topological polar surface area (TPSA) is 71.1 Å². The summed E-state index contributed by atoms with van der Waals surface area (Å²) in [5.74, 6) is 0.00564. The van der Waals surface area contributed by atoms with Crippen LogP contribution in [0.4, 0.5) is 4.79 Å². The van der Waals surface area contributed by atoms with Gasteiger partial charge in [-0.25, -0.2) is 4.79 Å². The lowest BCUT2D eigenvalue weighted by atomic mass is 10.3. The molecule has 0 N–H and O–H groups in total. The molecule has 0 saturated carbocycles. The Hall–Kier alpha value is -2.24. The number of esters is 1. The lowest BCUT2D eigenvalue weighted by Gasteiger charge is -2.11. The minimum absolute atomic E-state index is 0.109. The molecule has 1 aromatic carbocycles. The second-order valence-corrected chi connectivity index (χ2v) is 2.94. The summed E-state index contributed by atoms with van der Waals surface area (Å²) >= 11 is 0. The number of carbonyl (C=O) groups excluding carboxylic acids is 2. The second-order valence-electron chi connectivity index (χ2n) is 2.94. The largest absolute Gasteiger partial charge is 0.521 e. The normalized spacial score (nSPS) is 9.35. The van der Waals surface area contributed by atoms with Crippen LogP contribution in [0, 0.1) is 0 Å². The van der Waals surface area contributed by atoms with Gasteiger partial charge in [0.05, 0.1) is 14.2 Å². The van der Waals surface area contributed by atoms with Crippen LogP contribution in [0.1, 0.15) is 6.92 Å². The first-order valence-electron chi connectivity index (χ1n) is 4.69. The van der Waals surface area contributed by atoms with Crippen molar-refractivity contribution in [1.82, 2.24) is 0 Å². The first-order valence-corrected chi connectivity index (χ1v) is 4.69. The van der Waals surface area contributed by atoms with E-state index < -0.39 is 12.1 Å². The van der Waals surface area contributed by atoms with Gasteiger partial charge >= 0.3 is 12.1 Å². The van der Waals surface area contributed by atoms with Crippen LogP contribution in [-0.4, -0.2) is 26.3 Å². The fraction of sp³-hybridized carbons (Fsp3) is 0.273. The fourth-order valence-electron chi connectivity index (χ4n) is 1.17. The van der Waals surface area contributed by atoms with Crippen LogP contribution in [-0.2, 0) is 9.53 Å². The van der Waals surface area contributed by atoms with Gasteiger partial charge in [0.2, 0.25) is 5.75 Å². The van der Waals surface area contributed by atoms with E-state index in [2.05, 4.69) is 4.74 Å². The Labute approximate surface area is 98.0 Å². The Morgan fingerprint density at radius 2 is 1.71 bits per heavy atom. The maximum absolute atomic E-state index is 11.1. The van der Waals surface area contributed by atoms with Crippen molar-refractivity contribution >= 4 is 12.1 Å². The van der Waals surface area contributed by atoms with Crippen molar-refractivity contribution in [3.05, 3.63) is 18.2 Å². The van der Waals surface area contributed by atoms with Crippen molar-refractivity contribution in [1.29, 1.82) is 0 Å². The molecule has 1 rings (SSSR count). The lowest BCUT2D eigenvalue weighted by Crippen LogP contribution is -2.14. The minimum atomic E-state index is -1.12. The van der Waals surface area contributed by atoms with Crippen molar-refractivity contribution in [2.24, 2.45) is 0 Å². The van der Waals surface area contributed by atoms with Crippen LogP contribution < -0.4 is 14.2 Å². The van der Waals surface area contributed by atoms with Crippen molar-refractivity contribution in [2.45, 2.75) is 6.92 Å². The van der Waals surface area contributed by atoms with Crippen molar-refractivity contribution in [3.63, 3.8) is 0 Å². The Morgan fingerprint density at radius 3 is 2.24 bits per heavy atom. The van der Waals surface area contributed by atoms with Crippen molar-refractivity contribution < 1.29 is 28.5 Å². The molecule has 92 valence electrons. The average molecular weight is 240 g/mol. The third-order valence-electron chi connectivity index (χ3n) is 1.79. The Bertz CT molecular complexity index is 426. The zero-order valence-electron chi connectivity index (χ0n) is 9.68. The van der Waals surface area contributed by atoms with Gasteiger partial charge in [0, 0.05) is 6.92 Å². The predicted molar refractivity (Wildman–Crippen MR) is 57.3 cm³/mol. The van der Waals surface area contributed by atoms with Crippen LogP contribution in [0.15, 0.2) is 18.2 Å². The molecular formula is C11H12O6. The molecule has 0 unspecified atom stereocenters. The summed E-state index contributed by atoms with van der Waals surface area (Å²) in [7, 11) is 2.86. The van der Waals surface area contributed by atoms with E-state index >= 15 is 0 Å². The predicted octanol–water partition coefficient (Wildman–Crippen LogP) is 1.77. The first kappa shape index (κ1) is 12.8. The summed E-state index contributed by atoms with van der Waals surface area (Å²) in [5.41, 5.74) is 0. The summed E-state index contributed by atoms with van der Waals surface area (Å²) in [6, 6.07) is 4.74. The van der Waals surface area contributed by atoms with Gasteiger partial charge in [0.1, 0.15) is 0 Å². The molecule has 6 nitrogen and oxygen atoms in total. The molecule has 0 spiro atoms. The lowest BCUT2D eigenvalue weighted by molar-refractivity contribution is -0.136. The van der Waals surface area contributed by atoms with E-state index in [9.17, 15) is 9.59 Å². The van der Waals surface area contributed by atoms with Gasteiger partial charge in [-0.15, -0.1) is 0 Å². The zero-order valence-corrected chi connectivity index (χ0v) is 9.68. The average Bonchev–Trinajstić information content (AvgIpc) is 2.27. The van der Waals surface area contributed by atoms with E-state index in [1.165, 1.54) is 20.3 Å². The van der Waals surface area contributed by atoms with Gasteiger partial charge in [0.15, 0.2) is 11.5 Å². The molecule has 0 amide bonds. The summed E-state index contributed by atoms with van der Waals surface area (Å²) in [6.07, 6.45) is -1.12. The highest BCUT2D eigenvalue weighted by Gasteiger charge is 2.16. The number of benzene rings is 1. The van der Waals surface area contributed by atoms with Crippen LogP contribution in [0.5, 0.6) is 17.2 Å². The van der Waals surface area contributed by atoms with Gasteiger partial charge in [0.25, 0.3) is 0 Å². The highest BCUT2D eigenvalue weighted by Crippen LogP contribution is 2.36. The van der Waals surface area contributed by atoms with E-state index in [1.54, 1.807) is 12.1 Å². The molecule has 0 aliphatic heterocycles. The molecule has 0 saturated heterocycles. The summed E-state index contributed by atoms with van der Waals surface area (Å²) < 4.78 is 19.1. The molecule has 0 aliphatic carbocycles. The van der Waals surface area contributed by atoms with E-state index in [4.69, 9.17) is 14.2 Å². The SMILES string of the molecule is COc1cccc(OC(=O)OC(C)=O)c1OC. The molecule has 6 heteroatoms. The molecule has 0 aromatic heterocycles. The number of para-hydroxylation sites is 1. The quantitative estimate of drug-likeness (QED) is 0.455. The van der Waals surface area contributed by atoms with Gasteiger partial charge in [-0.2, -0.15) is 0 Å². The van der Waals surface area contributed by atoms with Gasteiger partial charge < -0.3 is 18.9 Å². The van der Waals surface area contributed by atoms with E-state index in [0.717, 1.165) is 6.92 Å². The monoisotopic (exact) mass is 240 g/mol. The molecule has 0 aliphatic rings. The summed E-state index contributed by atoms with van der Waals surface area (Å²) in [5, 5.41) is 0. The molecule has 17 heavy (non-hydrogen) atoms. The highest BCUT2D eigenvalue weighted by molar-refractivity contribution is 5.81. The highest BCUT2D eigenvalue weighted by atomic mass is 16.7. The minimum Gasteiger partial charge on any atom is -0.493 e. The number of rotatable bonds is 3. The maximum atomic E-state index is 11.1. The van der Waals surface area contributed by atoms with Gasteiger partial charge in [-0.1, -0.05) is 6.07 Å². The molecule has 0 radical (unpaired) electrons. The van der Waals surface area contributed by atoms with Crippen molar-refractivity contribution in [3.8, 4) is 17.2 Å². The molecule has 0 fully saturated rings. The fourth-order valence-corrected chi connectivity index (χ4v) is 1.17. The van der Waals surface area contributed by atoms with Gasteiger partial charge in [-0.3, -0.25) is 4.79 Å². The number of hydrogen-bond donors (Lipinski definition) is 0. The smallest absolute Gasteiger partial charge is 0.493 e. The Morgan fingerprint density at radius 1 is 1.06 bits per heavy atom. The van der Waals surface area contributed by atoms with Crippen molar-refractivity contribution in [2.75, 3.05) is 14.2 Å². The third-order valence-corrected chi connectivity index (χ3v) is 1.79. The van der Waals surface area contributed by atoms with Gasteiger partial charge in [-0.05, 0) is 12.1 Å². The Balaban J connectivity index is 2.90. The van der Waals surface area contributed by atoms with E-state index in [0.29, 0.717) is 5.75 Å². The molecular weight excluding hydrogens is 228 g/mol. The third kappa shape index (κ3) is 3.37. The maximum Gasteiger partial charge on any atom is 0.521 e. The molecule has 0 bridgehead atoms. The second kappa shape index (κ2) is 5.74. The van der Waals surface area contributed by atoms with Crippen LogP contribution in [0.2, 0.25) is 0 Å². The van der Waals surface area contributed by atoms with E-state index in [-0.39, 0.29) is 11.5 Å². The van der Waals surface area contributed by atoms with Crippen LogP contribution >= 0.6 is 0 Å². The number of hydrogen-bond acceptors (Lipinski definition) is 6. The van der Waals surface area contributed by atoms with Crippen LogP contribution in [0.25, 0.3) is 0 Å². The molecule has 0 atom stereocenters. The summed E-state index contributed by atoms with van der Waals surface area (Å²) in [6.45, 7) is 1.10. The summed E-state index contributed by atoms with van der Waals surface area (Å²) in [4.78, 5) is 21.7. The van der Waals surface area contributed by atoms with Crippen LogP contribution in [0.3, 0.4) is 0 Å². The standard InChI is InChI=1S/C11H12O6/c1-7(12)16-11(13)17-9-6-4-5-8(14-2)10(9)15-3/h4-6H,1-3H3. The van der Waals surface area contributed by atoms with E-state index in [1.807, 2.05) is 0 Å². The molecule has 1 aromatic rings. The number of ether oxygens (including phenoxy) is 4. The first-order chi connectivity index (χ1) is 8.08.